The largest absolute Gasteiger partial charge is 0.478 e. The summed E-state index contributed by atoms with van der Waals surface area (Å²) >= 11 is 0. The second kappa shape index (κ2) is 9.10. The van der Waals surface area contributed by atoms with Crippen molar-refractivity contribution in [3.8, 4) is 11.3 Å². The van der Waals surface area contributed by atoms with Gasteiger partial charge in [-0.1, -0.05) is 49.6 Å². The minimum absolute atomic E-state index is 0.00434. The van der Waals surface area contributed by atoms with Gasteiger partial charge >= 0.3 is 5.97 Å². The Morgan fingerprint density at radius 1 is 1.06 bits per heavy atom. The highest BCUT2D eigenvalue weighted by atomic mass is 16.5. The number of ether oxygens (including phenoxy) is 1. The molecular weight excluding hydrogens is 440 g/mol. The molecule has 3 aromatic rings. The van der Waals surface area contributed by atoms with Crippen LogP contribution < -0.4 is 5.32 Å². The standard InChI is InChI=1S/C29H30N2O4/c32-28(25-16-30-12-13-35-25)21-14-19-8-4-5-9-22(19)27-26(18-6-2-1-3-7-18)23-11-10-20(29(33)34)15-24(23)31(27)17-21/h4-5,8-11,15,17-18,25,30H,1-3,6-7,12-14,16H2,(H,33,34). The van der Waals surface area contributed by atoms with E-state index < -0.39 is 12.1 Å². The number of hydrogen-bond donors (Lipinski definition) is 2. The quantitative estimate of drug-likeness (QED) is 0.560. The van der Waals surface area contributed by atoms with Gasteiger partial charge in [-0.2, -0.15) is 0 Å². The van der Waals surface area contributed by atoms with Crippen LogP contribution >= 0.6 is 0 Å². The van der Waals surface area contributed by atoms with Crippen LogP contribution in [0.5, 0.6) is 0 Å². The Morgan fingerprint density at radius 2 is 1.89 bits per heavy atom. The third-order valence-electron chi connectivity index (χ3n) is 7.78. The van der Waals surface area contributed by atoms with E-state index in [-0.39, 0.29) is 11.3 Å². The Bertz CT molecular complexity index is 1340. The van der Waals surface area contributed by atoms with Gasteiger partial charge in [-0.3, -0.25) is 4.79 Å². The van der Waals surface area contributed by atoms with E-state index in [1.165, 1.54) is 24.8 Å². The predicted octanol–water partition coefficient (Wildman–Crippen LogP) is 5.01. The third-order valence-corrected chi connectivity index (χ3v) is 7.78. The van der Waals surface area contributed by atoms with E-state index in [0.717, 1.165) is 47.1 Å². The summed E-state index contributed by atoms with van der Waals surface area (Å²) in [5, 5.41) is 14.1. The molecule has 2 N–H and O–H groups in total. The van der Waals surface area contributed by atoms with Crippen LogP contribution in [-0.4, -0.2) is 47.2 Å². The van der Waals surface area contributed by atoms with Crippen molar-refractivity contribution in [2.45, 2.75) is 50.5 Å². The molecule has 1 saturated heterocycles. The first-order valence-corrected chi connectivity index (χ1v) is 12.7. The number of benzene rings is 2. The van der Waals surface area contributed by atoms with E-state index in [1.54, 1.807) is 12.1 Å². The molecular formula is C29H30N2O4. The van der Waals surface area contributed by atoms with Crippen LogP contribution in [0.25, 0.3) is 28.4 Å². The number of carbonyl (C=O) groups excluding carboxylic acids is 1. The SMILES string of the molecule is O=C(O)c1ccc2c(C3CCCCC3)c3n(c2c1)C=C(C(=O)C1CNCCO1)Cc1ccccc1-3. The third kappa shape index (κ3) is 3.91. The maximum atomic E-state index is 13.6. The van der Waals surface area contributed by atoms with Gasteiger partial charge in [0.25, 0.3) is 0 Å². The Hall–Kier alpha value is -3.22. The van der Waals surface area contributed by atoms with Crippen molar-refractivity contribution in [3.63, 3.8) is 0 Å². The van der Waals surface area contributed by atoms with Crippen LogP contribution in [0.4, 0.5) is 0 Å². The van der Waals surface area contributed by atoms with Crippen LogP contribution in [0.3, 0.4) is 0 Å². The number of nitrogens with zero attached hydrogens (tertiary/aromatic N) is 1. The van der Waals surface area contributed by atoms with Gasteiger partial charge in [-0.05, 0) is 42.0 Å². The normalized spacial score (nSPS) is 20.6. The fourth-order valence-electron chi connectivity index (χ4n) is 6.09. The number of rotatable bonds is 4. The molecule has 1 aliphatic carbocycles. The lowest BCUT2D eigenvalue weighted by atomic mass is 9.81. The summed E-state index contributed by atoms with van der Waals surface area (Å²) in [6, 6.07) is 13.8. The molecule has 6 nitrogen and oxygen atoms in total. The topological polar surface area (TPSA) is 80.6 Å². The molecule has 6 rings (SSSR count). The van der Waals surface area contributed by atoms with Crippen LogP contribution in [0.2, 0.25) is 0 Å². The van der Waals surface area contributed by atoms with Crippen molar-refractivity contribution in [1.82, 2.24) is 9.88 Å². The summed E-state index contributed by atoms with van der Waals surface area (Å²) in [6.07, 6.45) is 7.92. The molecule has 1 aromatic heterocycles. The summed E-state index contributed by atoms with van der Waals surface area (Å²) in [5.74, 6) is -0.532. The molecule has 1 atom stereocenters. The van der Waals surface area contributed by atoms with Crippen molar-refractivity contribution < 1.29 is 19.4 Å². The van der Waals surface area contributed by atoms with Crippen molar-refractivity contribution in [2.75, 3.05) is 19.7 Å². The van der Waals surface area contributed by atoms with Gasteiger partial charge in [0.15, 0.2) is 5.78 Å². The van der Waals surface area contributed by atoms with Gasteiger partial charge in [0.05, 0.1) is 23.4 Å². The van der Waals surface area contributed by atoms with Crippen LogP contribution in [-0.2, 0) is 16.0 Å². The zero-order valence-corrected chi connectivity index (χ0v) is 19.8. The molecule has 2 aliphatic heterocycles. The average Bonchev–Trinajstić information content (AvgIpc) is 3.11. The molecule has 3 aliphatic rings. The number of hydrogen-bond acceptors (Lipinski definition) is 4. The van der Waals surface area contributed by atoms with E-state index >= 15 is 0 Å². The van der Waals surface area contributed by atoms with Crippen molar-refractivity contribution >= 4 is 28.9 Å². The molecule has 0 spiro atoms. The molecule has 35 heavy (non-hydrogen) atoms. The summed E-state index contributed by atoms with van der Waals surface area (Å²) in [5.41, 5.74) is 6.45. The Kier molecular flexibility index (Phi) is 5.78. The zero-order chi connectivity index (χ0) is 23.9. The number of nitrogens with one attached hydrogen (secondary N) is 1. The number of morpholine rings is 1. The second-order valence-corrected chi connectivity index (χ2v) is 9.92. The van der Waals surface area contributed by atoms with Gasteiger partial charge in [0.1, 0.15) is 6.10 Å². The summed E-state index contributed by atoms with van der Waals surface area (Å²) < 4.78 is 7.91. The summed E-state index contributed by atoms with van der Waals surface area (Å²) in [4.78, 5) is 25.5. The molecule has 6 heteroatoms. The lowest BCUT2D eigenvalue weighted by Gasteiger charge is -2.24. The Morgan fingerprint density at radius 3 is 2.66 bits per heavy atom. The molecule has 2 fully saturated rings. The van der Waals surface area contributed by atoms with Gasteiger partial charge in [-0.25, -0.2) is 4.79 Å². The van der Waals surface area contributed by atoms with Crippen molar-refractivity contribution in [3.05, 3.63) is 64.7 Å². The van der Waals surface area contributed by atoms with Gasteiger partial charge in [-0.15, -0.1) is 0 Å². The first-order valence-electron chi connectivity index (χ1n) is 12.7. The molecule has 3 heterocycles. The van der Waals surface area contributed by atoms with E-state index in [4.69, 9.17) is 4.74 Å². The van der Waals surface area contributed by atoms with E-state index in [1.807, 2.05) is 18.3 Å². The minimum Gasteiger partial charge on any atom is -0.478 e. The van der Waals surface area contributed by atoms with Crippen molar-refractivity contribution in [2.24, 2.45) is 0 Å². The number of aromatic carboxylic acids is 1. The Labute approximate surface area is 204 Å². The molecule has 0 radical (unpaired) electrons. The number of Topliss-reactive ketones (excluding diaryl/α,β-unsaturated/α-hetero) is 1. The van der Waals surface area contributed by atoms with Gasteiger partial charge < -0.3 is 19.7 Å². The van der Waals surface area contributed by atoms with Gasteiger partial charge in [0.2, 0.25) is 0 Å². The molecule has 1 unspecified atom stereocenters. The number of ketones is 1. The van der Waals surface area contributed by atoms with Crippen LogP contribution in [0, 0.1) is 0 Å². The molecule has 180 valence electrons. The fourth-order valence-corrected chi connectivity index (χ4v) is 6.09. The van der Waals surface area contributed by atoms with Gasteiger partial charge in [0, 0.05) is 42.2 Å². The summed E-state index contributed by atoms with van der Waals surface area (Å²) in [6.45, 7) is 1.78. The lowest BCUT2D eigenvalue weighted by molar-refractivity contribution is -0.128. The fraction of sp³-hybridized carbons (Fsp3) is 0.379. The molecule has 1 saturated carbocycles. The number of carboxylic acid groups (broad SMARTS) is 1. The molecule has 0 bridgehead atoms. The average molecular weight is 471 g/mol. The van der Waals surface area contributed by atoms with Crippen LogP contribution in [0.15, 0.2) is 48.0 Å². The number of fused-ring (bicyclic) bond motifs is 5. The van der Waals surface area contributed by atoms with E-state index in [2.05, 4.69) is 28.1 Å². The number of carbonyl (C=O) groups is 2. The monoisotopic (exact) mass is 470 g/mol. The maximum Gasteiger partial charge on any atom is 0.335 e. The highest BCUT2D eigenvalue weighted by Crippen LogP contribution is 2.46. The lowest BCUT2D eigenvalue weighted by Crippen LogP contribution is -2.43. The predicted molar refractivity (Wildman–Crippen MR) is 136 cm³/mol. The van der Waals surface area contributed by atoms with Crippen LogP contribution in [0.1, 0.15) is 59.5 Å². The molecule has 2 aromatic carbocycles. The van der Waals surface area contributed by atoms with Crippen molar-refractivity contribution in [1.29, 1.82) is 0 Å². The summed E-state index contributed by atoms with van der Waals surface area (Å²) in [7, 11) is 0. The highest BCUT2D eigenvalue weighted by molar-refractivity contribution is 6.05. The first-order chi connectivity index (χ1) is 17.1. The smallest absolute Gasteiger partial charge is 0.335 e. The Balaban J connectivity index is 1.62. The number of aromatic nitrogens is 1. The number of carboxylic acids is 1. The molecule has 0 amide bonds. The second-order valence-electron chi connectivity index (χ2n) is 9.92. The van der Waals surface area contributed by atoms with E-state index in [9.17, 15) is 14.7 Å². The minimum atomic E-state index is -0.947. The first kappa shape index (κ1) is 22.3. The zero-order valence-electron chi connectivity index (χ0n) is 19.8. The highest BCUT2D eigenvalue weighted by Gasteiger charge is 2.32. The maximum absolute atomic E-state index is 13.6. The van der Waals surface area contributed by atoms with E-state index in [0.29, 0.717) is 31.1 Å².